The third kappa shape index (κ3) is 6.32. The Morgan fingerprint density at radius 1 is 1.03 bits per heavy atom. The molecule has 0 unspecified atom stereocenters. The van der Waals surface area contributed by atoms with Crippen molar-refractivity contribution in [2.24, 2.45) is 0 Å². The Hall–Kier alpha value is -3.39. The highest BCUT2D eigenvalue weighted by Crippen LogP contribution is 2.19. The van der Waals surface area contributed by atoms with Crippen molar-refractivity contribution in [3.63, 3.8) is 0 Å². The highest BCUT2D eigenvalue weighted by Gasteiger charge is 2.29. The summed E-state index contributed by atoms with van der Waals surface area (Å²) in [6.45, 7) is 8.57. The summed E-state index contributed by atoms with van der Waals surface area (Å²) in [5, 5.41) is 13.7. The van der Waals surface area contributed by atoms with E-state index in [-0.39, 0.29) is 12.3 Å². The van der Waals surface area contributed by atoms with Crippen molar-refractivity contribution in [3.8, 4) is 5.75 Å². The van der Waals surface area contributed by atoms with Crippen LogP contribution in [0.2, 0.25) is 0 Å². The number of hydrogen-bond acceptors (Lipinski definition) is 5. The van der Waals surface area contributed by atoms with Crippen molar-refractivity contribution in [2.45, 2.75) is 66.0 Å². The van der Waals surface area contributed by atoms with E-state index in [9.17, 15) is 14.7 Å². The van der Waals surface area contributed by atoms with Gasteiger partial charge in [0.15, 0.2) is 11.4 Å². The maximum Gasteiger partial charge on any atom is 0.347 e. The first-order valence-corrected chi connectivity index (χ1v) is 11.0. The van der Waals surface area contributed by atoms with Gasteiger partial charge in [-0.1, -0.05) is 48.9 Å². The van der Waals surface area contributed by atoms with Crippen LogP contribution in [-0.4, -0.2) is 31.0 Å². The fraction of sp³-hybridized carbons (Fsp3) is 0.400. The molecule has 3 rings (SSSR count). The van der Waals surface area contributed by atoms with Crippen molar-refractivity contribution in [3.05, 3.63) is 81.5 Å². The maximum atomic E-state index is 12.8. The Labute approximate surface area is 193 Å². The fourth-order valence-corrected chi connectivity index (χ4v) is 3.26. The van der Waals surface area contributed by atoms with Crippen LogP contribution in [0.5, 0.6) is 5.75 Å². The lowest BCUT2D eigenvalue weighted by Gasteiger charge is -2.21. The van der Waals surface area contributed by atoms with Gasteiger partial charge in [-0.15, -0.1) is 0 Å². The molecule has 33 heavy (non-hydrogen) atoms. The molecule has 1 heterocycles. The summed E-state index contributed by atoms with van der Waals surface area (Å²) in [7, 11) is 0. The Balaban J connectivity index is 1.64. The first kappa shape index (κ1) is 24.3. The number of aryl methyl sites for hydroxylation is 1. The second-order valence-corrected chi connectivity index (χ2v) is 8.55. The molecule has 0 saturated carbocycles. The molecular weight excluding hydrogens is 422 g/mol. The van der Waals surface area contributed by atoms with Crippen LogP contribution >= 0.6 is 0 Å². The Bertz CT molecular complexity index is 1130. The van der Waals surface area contributed by atoms with E-state index in [2.05, 4.69) is 5.10 Å². The second kappa shape index (κ2) is 10.5. The largest absolute Gasteiger partial charge is 0.478 e. The molecule has 0 saturated heterocycles. The zero-order valence-corrected chi connectivity index (χ0v) is 19.6. The molecule has 0 spiro atoms. The third-order valence-electron chi connectivity index (χ3n) is 5.21. The molecule has 1 N–H and O–H groups in total. The van der Waals surface area contributed by atoms with E-state index in [1.807, 2.05) is 50.2 Å². The van der Waals surface area contributed by atoms with Gasteiger partial charge in [-0.05, 0) is 50.5 Å². The van der Waals surface area contributed by atoms with Gasteiger partial charge in [-0.3, -0.25) is 4.57 Å². The molecule has 3 aromatic rings. The van der Waals surface area contributed by atoms with Crippen LogP contribution in [0.4, 0.5) is 0 Å². The van der Waals surface area contributed by atoms with E-state index in [1.165, 1.54) is 24.1 Å². The number of ether oxygens (including phenoxy) is 2. The molecule has 0 atom stereocenters. The van der Waals surface area contributed by atoms with Crippen LogP contribution < -0.4 is 10.4 Å². The topological polar surface area (TPSA) is 95.6 Å². The van der Waals surface area contributed by atoms with E-state index in [0.717, 1.165) is 17.5 Å². The van der Waals surface area contributed by atoms with Gasteiger partial charge in [0.25, 0.3) is 0 Å². The smallest absolute Gasteiger partial charge is 0.347 e. The van der Waals surface area contributed by atoms with Gasteiger partial charge in [-0.2, -0.15) is 5.10 Å². The number of carboxylic acid groups (broad SMARTS) is 1. The van der Waals surface area contributed by atoms with E-state index in [0.29, 0.717) is 31.3 Å². The van der Waals surface area contributed by atoms with E-state index in [1.54, 1.807) is 16.7 Å². The molecule has 0 fully saturated rings. The van der Waals surface area contributed by atoms with Gasteiger partial charge >= 0.3 is 11.7 Å². The summed E-state index contributed by atoms with van der Waals surface area (Å²) in [5.74, 6) is 0.0322. The highest BCUT2D eigenvalue weighted by atomic mass is 16.5. The quantitative estimate of drug-likeness (QED) is 0.475. The van der Waals surface area contributed by atoms with Gasteiger partial charge in [0, 0.05) is 6.54 Å². The van der Waals surface area contributed by atoms with Crippen molar-refractivity contribution in [1.29, 1.82) is 0 Å². The van der Waals surface area contributed by atoms with Gasteiger partial charge in [0.1, 0.15) is 12.4 Å². The lowest BCUT2D eigenvalue weighted by Crippen LogP contribution is -2.37. The molecule has 8 nitrogen and oxygen atoms in total. The SMILES string of the molecule is CCCn1c(COCc2ccc(OC(C)(C)C(=O)O)cc2)nn(Cc2ccc(C)cc2)c1=O. The summed E-state index contributed by atoms with van der Waals surface area (Å²) >= 11 is 0. The molecule has 0 amide bonds. The molecule has 0 aliphatic heterocycles. The van der Waals surface area contributed by atoms with Gasteiger partial charge in [0.2, 0.25) is 0 Å². The van der Waals surface area contributed by atoms with Crippen molar-refractivity contribution in [1.82, 2.24) is 14.3 Å². The normalized spacial score (nSPS) is 11.5. The molecule has 0 bridgehead atoms. The zero-order valence-electron chi connectivity index (χ0n) is 19.6. The van der Waals surface area contributed by atoms with Crippen molar-refractivity contribution in [2.75, 3.05) is 0 Å². The maximum absolute atomic E-state index is 12.8. The summed E-state index contributed by atoms with van der Waals surface area (Å²) in [6, 6.07) is 15.1. The first-order chi connectivity index (χ1) is 15.7. The van der Waals surface area contributed by atoms with Crippen LogP contribution in [0.3, 0.4) is 0 Å². The average molecular weight is 454 g/mol. The highest BCUT2D eigenvalue weighted by molar-refractivity contribution is 5.76. The Kier molecular flexibility index (Phi) is 7.71. The minimum atomic E-state index is -1.31. The monoisotopic (exact) mass is 453 g/mol. The number of carboxylic acids is 1. The zero-order chi connectivity index (χ0) is 24.0. The number of nitrogens with zero attached hydrogens (tertiary/aromatic N) is 3. The van der Waals surface area contributed by atoms with Gasteiger partial charge < -0.3 is 14.6 Å². The standard InChI is InChI=1S/C25H31N3O5/c1-5-14-27-22(26-28(24(27)31)15-19-8-6-18(2)7-9-19)17-32-16-20-10-12-21(13-11-20)33-25(3,4)23(29)30/h6-13H,5,14-17H2,1-4H3,(H,29,30). The summed E-state index contributed by atoms with van der Waals surface area (Å²) in [5.41, 5.74) is 1.64. The summed E-state index contributed by atoms with van der Waals surface area (Å²) in [4.78, 5) is 24.0. The lowest BCUT2D eigenvalue weighted by molar-refractivity contribution is -0.152. The van der Waals surface area contributed by atoms with E-state index < -0.39 is 11.6 Å². The van der Waals surface area contributed by atoms with Crippen LogP contribution in [0, 0.1) is 6.92 Å². The summed E-state index contributed by atoms with van der Waals surface area (Å²) in [6.07, 6.45) is 0.817. The van der Waals surface area contributed by atoms with E-state index >= 15 is 0 Å². The summed E-state index contributed by atoms with van der Waals surface area (Å²) < 4.78 is 14.5. The molecule has 1 aromatic heterocycles. The number of rotatable bonds is 11. The molecule has 0 radical (unpaired) electrons. The predicted molar refractivity (Wildman–Crippen MR) is 124 cm³/mol. The predicted octanol–water partition coefficient (Wildman–Crippen LogP) is 3.77. The second-order valence-electron chi connectivity index (χ2n) is 8.55. The molecule has 0 aliphatic rings. The van der Waals surface area contributed by atoms with Crippen LogP contribution in [-0.2, 0) is 35.8 Å². The number of aromatic nitrogens is 3. The van der Waals surface area contributed by atoms with Crippen molar-refractivity contribution < 1.29 is 19.4 Å². The number of carbonyl (C=O) groups is 1. The third-order valence-corrected chi connectivity index (χ3v) is 5.21. The minimum Gasteiger partial charge on any atom is -0.478 e. The Morgan fingerprint density at radius 2 is 1.67 bits per heavy atom. The van der Waals surface area contributed by atoms with Crippen LogP contribution in [0.15, 0.2) is 53.3 Å². The first-order valence-electron chi connectivity index (χ1n) is 11.0. The minimum absolute atomic E-state index is 0.140. The van der Waals surface area contributed by atoms with E-state index in [4.69, 9.17) is 9.47 Å². The molecule has 176 valence electrons. The molecule has 2 aromatic carbocycles. The Morgan fingerprint density at radius 3 is 2.27 bits per heavy atom. The molecule has 8 heteroatoms. The number of benzene rings is 2. The lowest BCUT2D eigenvalue weighted by atomic mass is 10.1. The van der Waals surface area contributed by atoms with Crippen LogP contribution in [0.25, 0.3) is 0 Å². The van der Waals surface area contributed by atoms with Gasteiger partial charge in [-0.25, -0.2) is 14.3 Å². The molecular formula is C25H31N3O5. The van der Waals surface area contributed by atoms with Crippen molar-refractivity contribution >= 4 is 5.97 Å². The average Bonchev–Trinajstić information content (AvgIpc) is 3.05. The number of aliphatic carboxylic acids is 1. The van der Waals surface area contributed by atoms with Gasteiger partial charge in [0.05, 0.1) is 13.2 Å². The van der Waals surface area contributed by atoms with Crippen LogP contribution in [0.1, 0.15) is 49.7 Å². The molecule has 0 aliphatic carbocycles. The fourth-order valence-electron chi connectivity index (χ4n) is 3.26. The number of hydrogen-bond donors (Lipinski definition) is 1.